The average Bonchev–Trinajstić information content (AvgIpc) is 2.95. The summed E-state index contributed by atoms with van der Waals surface area (Å²) in [6.45, 7) is 7.45. The molecule has 0 aromatic rings. The third-order valence-corrected chi connectivity index (χ3v) is 8.31. The van der Waals surface area contributed by atoms with E-state index in [0.29, 0.717) is 12.0 Å². The van der Waals surface area contributed by atoms with E-state index in [1.807, 2.05) is 0 Å². The molecule has 0 aromatic heterocycles. The van der Waals surface area contributed by atoms with E-state index in [0.717, 1.165) is 19.3 Å². The van der Waals surface area contributed by atoms with Crippen molar-refractivity contribution in [2.24, 2.45) is 0 Å². The van der Waals surface area contributed by atoms with Gasteiger partial charge in [-0.3, -0.25) is 14.9 Å². The quantitative estimate of drug-likeness (QED) is 0.0494. The molecule has 0 unspecified atom stereocenters. The van der Waals surface area contributed by atoms with Crippen molar-refractivity contribution >= 4 is 11.8 Å². The zero-order valence-corrected chi connectivity index (χ0v) is 27.9. The van der Waals surface area contributed by atoms with Crippen LogP contribution < -0.4 is 5.32 Å². The third-order valence-electron chi connectivity index (χ3n) is 8.31. The molecule has 240 valence electrons. The van der Waals surface area contributed by atoms with E-state index >= 15 is 0 Å². The number of amides is 2. The van der Waals surface area contributed by atoms with E-state index in [1.165, 1.54) is 167 Å². The summed E-state index contributed by atoms with van der Waals surface area (Å²) in [6.07, 6.45) is 44.8. The molecule has 0 bridgehead atoms. The maximum absolute atomic E-state index is 11.6. The predicted molar refractivity (Wildman–Crippen MR) is 181 cm³/mol. The van der Waals surface area contributed by atoms with Gasteiger partial charge in [0.15, 0.2) is 0 Å². The lowest BCUT2D eigenvalue weighted by atomic mass is 10.0. The van der Waals surface area contributed by atoms with Gasteiger partial charge in [-0.1, -0.05) is 180 Å². The van der Waals surface area contributed by atoms with Crippen LogP contribution in [0.3, 0.4) is 0 Å². The SMILES string of the molecule is C=C(C)C(=O)NC(=O)CCCCCCC/C=C\CCCCCCCCCCCCCCCCCCCCCCCC. The molecule has 41 heavy (non-hydrogen) atoms. The fourth-order valence-corrected chi connectivity index (χ4v) is 5.48. The molecule has 2 amide bonds. The molecule has 0 aliphatic heterocycles. The van der Waals surface area contributed by atoms with Crippen molar-refractivity contribution in [2.75, 3.05) is 0 Å². The zero-order valence-electron chi connectivity index (χ0n) is 27.9. The standard InChI is InChI=1S/C38H71NO2/c1-4-5-6-7-8-9-10-11-12-13-14-15-16-17-18-19-20-21-22-23-24-25-26-27-28-29-30-31-32-33-34-35-37(40)39-38(41)36(2)3/h27-28H,2,4-26,29-35H2,1,3H3,(H,39,40,41)/b28-27-. The monoisotopic (exact) mass is 574 g/mol. The van der Waals surface area contributed by atoms with Crippen molar-refractivity contribution in [1.29, 1.82) is 0 Å². The molecule has 0 saturated carbocycles. The van der Waals surface area contributed by atoms with Crippen molar-refractivity contribution in [3.05, 3.63) is 24.3 Å². The summed E-state index contributed by atoms with van der Waals surface area (Å²) in [5.74, 6) is -0.543. The number of hydrogen-bond acceptors (Lipinski definition) is 2. The summed E-state index contributed by atoms with van der Waals surface area (Å²) in [7, 11) is 0. The van der Waals surface area contributed by atoms with E-state index in [4.69, 9.17) is 0 Å². The molecule has 0 aliphatic rings. The Labute approximate surface area is 257 Å². The molecule has 0 radical (unpaired) electrons. The van der Waals surface area contributed by atoms with Crippen molar-refractivity contribution in [1.82, 2.24) is 5.32 Å². The van der Waals surface area contributed by atoms with Gasteiger partial charge in [-0.25, -0.2) is 0 Å². The van der Waals surface area contributed by atoms with Crippen LogP contribution in [0.2, 0.25) is 0 Å². The Bertz CT molecular complexity index is 624. The lowest BCUT2D eigenvalue weighted by Gasteiger charge is -2.04. The molecule has 1 N–H and O–H groups in total. The minimum Gasteiger partial charge on any atom is -0.293 e. The molecule has 0 aromatic carbocycles. The predicted octanol–water partition coefficient (Wildman–Crippen LogP) is 12.5. The number of carbonyl (C=O) groups is 2. The Kier molecular flexibility index (Phi) is 32.0. The van der Waals surface area contributed by atoms with Gasteiger partial charge in [0.05, 0.1) is 0 Å². The minimum absolute atomic E-state index is 0.184. The van der Waals surface area contributed by atoms with E-state index in [-0.39, 0.29) is 11.8 Å². The number of unbranched alkanes of at least 4 members (excludes halogenated alkanes) is 27. The summed E-state index contributed by atoms with van der Waals surface area (Å²) in [4.78, 5) is 23.0. The Morgan fingerprint density at radius 3 is 1.10 bits per heavy atom. The van der Waals surface area contributed by atoms with E-state index in [9.17, 15) is 9.59 Å². The first kappa shape index (κ1) is 39.6. The Morgan fingerprint density at radius 1 is 0.488 bits per heavy atom. The first-order chi connectivity index (χ1) is 20.1. The molecule has 0 aliphatic carbocycles. The molecule has 0 atom stereocenters. The highest BCUT2D eigenvalue weighted by molar-refractivity contribution is 6.03. The van der Waals surface area contributed by atoms with Crippen molar-refractivity contribution in [2.45, 2.75) is 206 Å². The summed E-state index contributed by atoms with van der Waals surface area (Å²) in [5, 5.41) is 2.37. The summed E-state index contributed by atoms with van der Waals surface area (Å²) < 4.78 is 0. The van der Waals surface area contributed by atoms with E-state index < -0.39 is 0 Å². The summed E-state index contributed by atoms with van der Waals surface area (Å²) >= 11 is 0. The van der Waals surface area contributed by atoms with Gasteiger partial charge in [0.1, 0.15) is 0 Å². The zero-order chi connectivity index (χ0) is 30.1. The Morgan fingerprint density at radius 2 is 0.780 bits per heavy atom. The maximum atomic E-state index is 11.6. The molecule has 3 nitrogen and oxygen atoms in total. The summed E-state index contributed by atoms with van der Waals surface area (Å²) in [6, 6.07) is 0. The van der Waals surface area contributed by atoms with Gasteiger partial charge >= 0.3 is 0 Å². The normalized spacial score (nSPS) is 11.4. The largest absolute Gasteiger partial charge is 0.293 e. The van der Waals surface area contributed by atoms with Crippen LogP contribution in [-0.2, 0) is 9.59 Å². The van der Waals surface area contributed by atoms with Gasteiger partial charge in [-0.15, -0.1) is 0 Å². The van der Waals surface area contributed by atoms with Gasteiger partial charge in [0, 0.05) is 12.0 Å². The maximum Gasteiger partial charge on any atom is 0.252 e. The number of imide groups is 1. The van der Waals surface area contributed by atoms with Crippen LogP contribution >= 0.6 is 0 Å². The highest BCUT2D eigenvalue weighted by atomic mass is 16.2. The number of allylic oxidation sites excluding steroid dienone is 2. The molecule has 0 heterocycles. The number of nitrogens with one attached hydrogen (secondary N) is 1. The van der Waals surface area contributed by atoms with Crippen LogP contribution in [0, 0.1) is 0 Å². The van der Waals surface area contributed by atoms with Crippen molar-refractivity contribution in [3.8, 4) is 0 Å². The minimum atomic E-state index is -0.359. The highest BCUT2D eigenvalue weighted by Crippen LogP contribution is 2.15. The highest BCUT2D eigenvalue weighted by Gasteiger charge is 2.07. The number of rotatable bonds is 32. The number of hydrogen-bond donors (Lipinski definition) is 1. The lowest BCUT2D eigenvalue weighted by Crippen LogP contribution is -2.30. The molecular formula is C38H71NO2. The molecule has 0 saturated heterocycles. The van der Waals surface area contributed by atoms with Gasteiger partial charge in [0.2, 0.25) is 5.91 Å². The van der Waals surface area contributed by atoms with Crippen molar-refractivity contribution in [3.63, 3.8) is 0 Å². The first-order valence-electron chi connectivity index (χ1n) is 18.2. The smallest absolute Gasteiger partial charge is 0.252 e. The second kappa shape index (κ2) is 33.1. The van der Waals surface area contributed by atoms with Crippen LogP contribution in [0.25, 0.3) is 0 Å². The molecule has 3 heteroatoms. The molecule has 0 fully saturated rings. The lowest BCUT2D eigenvalue weighted by molar-refractivity contribution is -0.128. The van der Waals surface area contributed by atoms with E-state index in [1.54, 1.807) is 6.92 Å². The van der Waals surface area contributed by atoms with E-state index in [2.05, 4.69) is 31.0 Å². The van der Waals surface area contributed by atoms with Crippen LogP contribution in [0.1, 0.15) is 206 Å². The van der Waals surface area contributed by atoms with Crippen LogP contribution in [0.4, 0.5) is 0 Å². The molecular weight excluding hydrogens is 502 g/mol. The van der Waals surface area contributed by atoms with Gasteiger partial charge in [-0.05, 0) is 39.0 Å². The Balaban J connectivity index is 3.17. The van der Waals surface area contributed by atoms with Crippen LogP contribution in [0.5, 0.6) is 0 Å². The van der Waals surface area contributed by atoms with Gasteiger partial charge in [-0.2, -0.15) is 0 Å². The third kappa shape index (κ3) is 33.0. The topological polar surface area (TPSA) is 46.2 Å². The first-order valence-corrected chi connectivity index (χ1v) is 18.2. The van der Waals surface area contributed by atoms with Crippen LogP contribution in [-0.4, -0.2) is 11.8 Å². The second-order valence-electron chi connectivity index (χ2n) is 12.6. The second-order valence-corrected chi connectivity index (χ2v) is 12.6. The van der Waals surface area contributed by atoms with Gasteiger partial charge in [0.25, 0.3) is 5.91 Å². The van der Waals surface area contributed by atoms with Gasteiger partial charge < -0.3 is 0 Å². The number of carbonyl (C=O) groups excluding carboxylic acids is 2. The van der Waals surface area contributed by atoms with Crippen LogP contribution in [0.15, 0.2) is 24.3 Å². The molecule has 0 rings (SSSR count). The average molecular weight is 574 g/mol. The fourth-order valence-electron chi connectivity index (χ4n) is 5.48. The van der Waals surface area contributed by atoms with Crippen molar-refractivity contribution < 1.29 is 9.59 Å². The summed E-state index contributed by atoms with van der Waals surface area (Å²) in [5.41, 5.74) is 0.377. The fraction of sp³-hybridized carbons (Fsp3) is 0.842. The molecule has 0 spiro atoms. The Hall–Kier alpha value is -1.38.